The first-order chi connectivity index (χ1) is 19.6. The third kappa shape index (κ3) is 10.4. The standard InChI is InChI=1S/C34H51N3O5/c1-10-12-13-18-35-30(39)29(26-20-23(3)19-24(4)21-26)37(34(8,9)11-2)31(40)28(36-32(41)42-33(5,6)7)22-25-14-16-27(38)17-15-25/h14-17,19-21,28-29,38H,10-13,18,22H2,1-9H3,(H,35,39)(H,36,41). The number of alkyl carbamates (subject to hydrolysis) is 1. The topological polar surface area (TPSA) is 108 Å². The molecule has 0 radical (unpaired) electrons. The minimum Gasteiger partial charge on any atom is -0.508 e. The third-order valence-corrected chi connectivity index (χ3v) is 7.27. The van der Waals surface area contributed by atoms with Crippen molar-refractivity contribution in [1.29, 1.82) is 0 Å². The van der Waals surface area contributed by atoms with Gasteiger partial charge in [-0.25, -0.2) is 4.79 Å². The molecule has 0 aliphatic carbocycles. The van der Waals surface area contributed by atoms with E-state index < -0.39 is 35.2 Å². The molecular weight excluding hydrogens is 530 g/mol. The van der Waals surface area contributed by atoms with Crippen molar-refractivity contribution in [3.8, 4) is 5.75 Å². The van der Waals surface area contributed by atoms with Gasteiger partial charge < -0.3 is 25.4 Å². The zero-order valence-corrected chi connectivity index (χ0v) is 27.0. The van der Waals surface area contributed by atoms with Crippen molar-refractivity contribution in [3.63, 3.8) is 0 Å². The number of carbonyl (C=O) groups is 3. The van der Waals surface area contributed by atoms with Crippen LogP contribution in [0.5, 0.6) is 5.75 Å². The number of unbranched alkanes of at least 4 members (excludes halogenated alkanes) is 2. The Labute approximate surface area is 252 Å². The molecule has 0 bridgehead atoms. The fourth-order valence-corrected chi connectivity index (χ4v) is 4.90. The van der Waals surface area contributed by atoms with Crippen LogP contribution in [0, 0.1) is 13.8 Å². The Morgan fingerprint density at radius 3 is 2.05 bits per heavy atom. The minimum atomic E-state index is -1.03. The van der Waals surface area contributed by atoms with Crippen LogP contribution < -0.4 is 10.6 Å². The largest absolute Gasteiger partial charge is 0.508 e. The number of benzene rings is 2. The molecule has 8 nitrogen and oxygen atoms in total. The van der Waals surface area contributed by atoms with Gasteiger partial charge in [0.25, 0.3) is 0 Å². The minimum absolute atomic E-state index is 0.102. The predicted molar refractivity (Wildman–Crippen MR) is 167 cm³/mol. The molecular formula is C34H51N3O5. The summed E-state index contributed by atoms with van der Waals surface area (Å²) in [7, 11) is 0. The molecule has 2 atom stereocenters. The van der Waals surface area contributed by atoms with E-state index in [0.29, 0.717) is 13.0 Å². The number of hydrogen-bond donors (Lipinski definition) is 3. The zero-order chi connectivity index (χ0) is 31.7. The van der Waals surface area contributed by atoms with E-state index in [9.17, 15) is 19.5 Å². The monoisotopic (exact) mass is 581 g/mol. The molecule has 0 heterocycles. The zero-order valence-electron chi connectivity index (χ0n) is 27.0. The van der Waals surface area contributed by atoms with Crippen molar-refractivity contribution in [2.75, 3.05) is 6.54 Å². The molecule has 0 saturated carbocycles. The Morgan fingerprint density at radius 1 is 0.929 bits per heavy atom. The predicted octanol–water partition coefficient (Wildman–Crippen LogP) is 6.51. The molecule has 0 aliphatic rings. The highest BCUT2D eigenvalue weighted by molar-refractivity contribution is 5.93. The number of aromatic hydroxyl groups is 1. The maximum absolute atomic E-state index is 14.7. The van der Waals surface area contributed by atoms with E-state index in [1.165, 1.54) is 0 Å². The number of aryl methyl sites for hydroxylation is 2. The van der Waals surface area contributed by atoms with E-state index in [1.54, 1.807) is 49.9 Å². The van der Waals surface area contributed by atoms with Gasteiger partial charge >= 0.3 is 6.09 Å². The lowest BCUT2D eigenvalue weighted by atomic mass is 9.90. The van der Waals surface area contributed by atoms with Crippen LogP contribution in [0.1, 0.15) is 102 Å². The molecule has 0 aromatic heterocycles. The summed E-state index contributed by atoms with van der Waals surface area (Å²) in [6.45, 7) is 17.7. The second-order valence-corrected chi connectivity index (χ2v) is 12.8. The Hall–Kier alpha value is -3.55. The molecule has 3 N–H and O–H groups in total. The molecule has 2 unspecified atom stereocenters. The Bertz CT molecular complexity index is 1180. The molecule has 2 aromatic carbocycles. The van der Waals surface area contributed by atoms with Crippen LogP contribution >= 0.6 is 0 Å². The molecule has 2 rings (SSSR count). The second kappa shape index (κ2) is 15.1. The molecule has 3 amide bonds. The fourth-order valence-electron chi connectivity index (χ4n) is 4.90. The van der Waals surface area contributed by atoms with E-state index >= 15 is 0 Å². The van der Waals surface area contributed by atoms with Gasteiger partial charge in [-0.3, -0.25) is 9.59 Å². The van der Waals surface area contributed by atoms with Gasteiger partial charge in [-0.1, -0.05) is 68.1 Å². The van der Waals surface area contributed by atoms with Crippen LogP contribution in [0.4, 0.5) is 4.79 Å². The number of ether oxygens (including phenoxy) is 1. The van der Waals surface area contributed by atoms with E-state index in [1.807, 2.05) is 52.8 Å². The molecule has 42 heavy (non-hydrogen) atoms. The number of phenolic OH excluding ortho intramolecular Hbond substituents is 1. The molecule has 232 valence electrons. The lowest BCUT2D eigenvalue weighted by molar-refractivity contribution is -0.149. The van der Waals surface area contributed by atoms with Gasteiger partial charge in [-0.05, 0) is 84.6 Å². The summed E-state index contributed by atoms with van der Waals surface area (Å²) >= 11 is 0. The second-order valence-electron chi connectivity index (χ2n) is 12.8. The van der Waals surface area contributed by atoms with Crippen LogP contribution in [0.2, 0.25) is 0 Å². The first kappa shape index (κ1) is 34.7. The third-order valence-electron chi connectivity index (χ3n) is 7.27. The maximum Gasteiger partial charge on any atom is 0.408 e. The van der Waals surface area contributed by atoms with Crippen LogP contribution in [-0.4, -0.2) is 51.6 Å². The first-order valence-electron chi connectivity index (χ1n) is 15.0. The average molecular weight is 582 g/mol. The number of hydrogen-bond acceptors (Lipinski definition) is 5. The number of nitrogens with one attached hydrogen (secondary N) is 2. The maximum atomic E-state index is 14.7. The Balaban J connectivity index is 2.66. The molecule has 0 fully saturated rings. The summed E-state index contributed by atoms with van der Waals surface area (Å²) in [5.74, 6) is -0.551. The van der Waals surface area contributed by atoms with Crippen molar-refractivity contribution in [1.82, 2.24) is 15.5 Å². The van der Waals surface area contributed by atoms with Crippen molar-refractivity contribution >= 4 is 17.9 Å². The lowest BCUT2D eigenvalue weighted by Crippen LogP contribution is -2.60. The van der Waals surface area contributed by atoms with Gasteiger partial charge in [0.2, 0.25) is 11.8 Å². The highest BCUT2D eigenvalue weighted by Crippen LogP contribution is 2.33. The number of phenols is 1. The summed E-state index contributed by atoms with van der Waals surface area (Å²) in [5.41, 5.74) is 1.92. The summed E-state index contributed by atoms with van der Waals surface area (Å²) < 4.78 is 5.53. The first-order valence-corrected chi connectivity index (χ1v) is 15.0. The summed E-state index contributed by atoms with van der Waals surface area (Å²) in [6.07, 6.45) is 2.86. The van der Waals surface area contributed by atoms with Gasteiger partial charge in [-0.2, -0.15) is 0 Å². The van der Waals surface area contributed by atoms with Crippen LogP contribution in [0.25, 0.3) is 0 Å². The van der Waals surface area contributed by atoms with Crippen molar-refractivity contribution < 1.29 is 24.2 Å². The van der Waals surface area contributed by atoms with Gasteiger partial charge in [0.15, 0.2) is 0 Å². The number of rotatable bonds is 13. The smallest absolute Gasteiger partial charge is 0.408 e. The molecule has 0 aliphatic heterocycles. The molecule has 2 aromatic rings. The van der Waals surface area contributed by atoms with E-state index in [-0.39, 0.29) is 18.1 Å². The van der Waals surface area contributed by atoms with Crippen molar-refractivity contribution in [3.05, 3.63) is 64.7 Å². The SMILES string of the molecule is CCCCCNC(=O)C(c1cc(C)cc(C)c1)N(C(=O)C(Cc1ccc(O)cc1)NC(=O)OC(C)(C)C)C(C)(C)CC. The van der Waals surface area contributed by atoms with E-state index in [4.69, 9.17) is 4.74 Å². The van der Waals surface area contributed by atoms with E-state index in [0.717, 1.165) is 41.5 Å². The van der Waals surface area contributed by atoms with E-state index in [2.05, 4.69) is 17.6 Å². The number of carbonyl (C=O) groups excluding carboxylic acids is 3. The fraction of sp³-hybridized carbons (Fsp3) is 0.559. The number of nitrogens with zero attached hydrogens (tertiary/aromatic N) is 1. The summed E-state index contributed by atoms with van der Waals surface area (Å²) in [6, 6.07) is 10.5. The molecule has 0 saturated heterocycles. The van der Waals surface area contributed by atoms with Crippen LogP contribution in [0.15, 0.2) is 42.5 Å². The average Bonchev–Trinajstić information content (AvgIpc) is 2.88. The van der Waals surface area contributed by atoms with Crippen LogP contribution in [-0.2, 0) is 20.7 Å². The normalized spacial score (nSPS) is 13.2. The van der Waals surface area contributed by atoms with Gasteiger partial charge in [-0.15, -0.1) is 0 Å². The summed E-state index contributed by atoms with van der Waals surface area (Å²) in [4.78, 5) is 43.4. The van der Waals surface area contributed by atoms with Crippen molar-refractivity contribution in [2.24, 2.45) is 0 Å². The van der Waals surface area contributed by atoms with Gasteiger partial charge in [0.1, 0.15) is 23.4 Å². The highest BCUT2D eigenvalue weighted by atomic mass is 16.6. The van der Waals surface area contributed by atoms with Crippen molar-refractivity contribution in [2.45, 2.75) is 118 Å². The van der Waals surface area contributed by atoms with Crippen LogP contribution in [0.3, 0.4) is 0 Å². The molecule has 0 spiro atoms. The number of amides is 3. The quantitative estimate of drug-likeness (QED) is 0.234. The Morgan fingerprint density at radius 2 is 1.52 bits per heavy atom. The van der Waals surface area contributed by atoms with Gasteiger partial charge in [0.05, 0.1) is 0 Å². The van der Waals surface area contributed by atoms with Gasteiger partial charge in [0, 0.05) is 18.5 Å². The summed E-state index contributed by atoms with van der Waals surface area (Å²) in [5, 5.41) is 15.7. The lowest BCUT2D eigenvalue weighted by Gasteiger charge is -2.44. The molecule has 8 heteroatoms. The Kier molecular flexibility index (Phi) is 12.4. The highest BCUT2D eigenvalue weighted by Gasteiger charge is 2.43.